The molecule has 30 heavy (non-hydrogen) atoms. The summed E-state index contributed by atoms with van der Waals surface area (Å²) in [4.78, 5) is 19.1. The Hall–Kier alpha value is -3.49. The highest BCUT2D eigenvalue weighted by Crippen LogP contribution is 2.23. The van der Waals surface area contributed by atoms with Crippen LogP contribution in [0.1, 0.15) is 28.9 Å². The van der Waals surface area contributed by atoms with Crippen LogP contribution in [0.15, 0.2) is 77.7 Å². The molecule has 1 unspecified atom stereocenters. The fourth-order valence-electron chi connectivity index (χ4n) is 3.20. The third kappa shape index (κ3) is 3.96. The predicted molar refractivity (Wildman–Crippen MR) is 115 cm³/mol. The summed E-state index contributed by atoms with van der Waals surface area (Å²) in [6.07, 6.45) is 0. The lowest BCUT2D eigenvalue weighted by Crippen LogP contribution is -2.26. The molecule has 8 heteroatoms. The number of aromatic nitrogens is 2. The number of carbonyl (C=O) groups excluding carboxylic acids is 1. The highest BCUT2D eigenvalue weighted by Gasteiger charge is 2.18. The number of rotatable bonds is 6. The number of sulfonamides is 1. The minimum absolute atomic E-state index is 0.168. The number of nitrogens with two attached hydrogens (primary N) is 1. The van der Waals surface area contributed by atoms with Crippen LogP contribution < -0.4 is 10.5 Å². The Labute approximate surface area is 174 Å². The number of carbonyl (C=O) groups is 1. The van der Waals surface area contributed by atoms with Gasteiger partial charge in [-0.15, -0.1) is 0 Å². The summed E-state index contributed by atoms with van der Waals surface area (Å²) in [5.74, 6) is 0.0504. The predicted octanol–water partition coefficient (Wildman–Crippen LogP) is 3.37. The van der Waals surface area contributed by atoms with Gasteiger partial charge in [-0.05, 0) is 55.0 Å². The molecule has 0 saturated heterocycles. The van der Waals surface area contributed by atoms with Crippen LogP contribution in [0.25, 0.3) is 22.4 Å². The third-order valence-corrected chi connectivity index (χ3v) is 6.39. The molecule has 0 spiro atoms. The number of hydrogen-bond acceptors (Lipinski definition) is 4. The molecule has 0 aliphatic rings. The molecule has 4 N–H and O–H groups in total. The van der Waals surface area contributed by atoms with E-state index in [9.17, 15) is 13.2 Å². The minimum atomic E-state index is -3.68. The fourth-order valence-corrected chi connectivity index (χ4v) is 4.43. The van der Waals surface area contributed by atoms with Crippen LogP contribution in [-0.2, 0) is 10.0 Å². The summed E-state index contributed by atoms with van der Waals surface area (Å²) in [5.41, 5.74) is 8.66. The Kier molecular flexibility index (Phi) is 5.11. The minimum Gasteiger partial charge on any atom is -0.366 e. The summed E-state index contributed by atoms with van der Waals surface area (Å²) in [6, 6.07) is 20.5. The van der Waals surface area contributed by atoms with Gasteiger partial charge < -0.3 is 10.7 Å². The van der Waals surface area contributed by atoms with Crippen molar-refractivity contribution in [1.82, 2.24) is 14.7 Å². The molecular weight excluding hydrogens is 400 g/mol. The summed E-state index contributed by atoms with van der Waals surface area (Å²) >= 11 is 0. The van der Waals surface area contributed by atoms with Crippen molar-refractivity contribution in [2.45, 2.75) is 17.9 Å². The Morgan fingerprint density at radius 2 is 1.73 bits per heavy atom. The molecule has 3 aromatic carbocycles. The molecule has 152 valence electrons. The fraction of sp³-hybridized carbons (Fsp3) is 0.0909. The molecule has 0 bridgehead atoms. The number of imidazole rings is 1. The molecular formula is C22H20N4O3S. The Balaban J connectivity index is 1.57. The van der Waals surface area contributed by atoms with Gasteiger partial charge in [0, 0.05) is 17.2 Å². The number of hydrogen-bond donors (Lipinski definition) is 3. The van der Waals surface area contributed by atoms with Crippen LogP contribution in [0, 0.1) is 0 Å². The number of H-pyrrole nitrogens is 1. The van der Waals surface area contributed by atoms with E-state index in [1.165, 1.54) is 12.1 Å². The van der Waals surface area contributed by atoms with E-state index in [0.717, 1.165) is 16.6 Å². The van der Waals surface area contributed by atoms with Crippen molar-refractivity contribution in [2.24, 2.45) is 5.73 Å². The van der Waals surface area contributed by atoms with Crippen LogP contribution >= 0.6 is 0 Å². The van der Waals surface area contributed by atoms with E-state index in [4.69, 9.17) is 5.73 Å². The first-order chi connectivity index (χ1) is 14.3. The van der Waals surface area contributed by atoms with Gasteiger partial charge in [-0.25, -0.2) is 18.1 Å². The second-order valence-corrected chi connectivity index (χ2v) is 8.67. The van der Waals surface area contributed by atoms with E-state index >= 15 is 0 Å². The quantitative estimate of drug-likeness (QED) is 0.443. The molecule has 1 amide bonds. The lowest BCUT2D eigenvalue weighted by atomic mass is 10.1. The van der Waals surface area contributed by atoms with E-state index in [1.807, 2.05) is 30.3 Å². The number of amides is 1. The van der Waals surface area contributed by atoms with Gasteiger partial charge in [-0.3, -0.25) is 4.79 Å². The molecule has 1 atom stereocenters. The van der Waals surface area contributed by atoms with Crippen molar-refractivity contribution in [2.75, 3.05) is 0 Å². The van der Waals surface area contributed by atoms with Crippen LogP contribution in [0.5, 0.6) is 0 Å². The van der Waals surface area contributed by atoms with Crippen molar-refractivity contribution < 1.29 is 13.2 Å². The van der Waals surface area contributed by atoms with Crippen molar-refractivity contribution >= 4 is 27.0 Å². The standard InChI is InChI=1S/C22H20N4O3S/c1-14(15-5-3-2-4-6-15)26-30(28,29)18-10-7-16(8-11-18)22-24-19-12-9-17(21(23)27)13-20(19)25-22/h2-14,26H,1H3,(H2,23,27)(H,24,25). The summed E-state index contributed by atoms with van der Waals surface area (Å²) in [5, 5.41) is 0. The maximum atomic E-state index is 12.7. The molecule has 0 aliphatic carbocycles. The maximum absolute atomic E-state index is 12.7. The van der Waals surface area contributed by atoms with E-state index in [0.29, 0.717) is 16.9 Å². The topological polar surface area (TPSA) is 118 Å². The number of aromatic amines is 1. The van der Waals surface area contributed by atoms with Gasteiger partial charge >= 0.3 is 0 Å². The van der Waals surface area contributed by atoms with Crippen LogP contribution in [0.3, 0.4) is 0 Å². The van der Waals surface area contributed by atoms with Gasteiger partial charge in [0.05, 0.1) is 15.9 Å². The van der Waals surface area contributed by atoms with Crippen molar-refractivity contribution in [3.63, 3.8) is 0 Å². The molecule has 1 heterocycles. The first-order valence-electron chi connectivity index (χ1n) is 9.31. The third-order valence-electron chi connectivity index (χ3n) is 4.84. The number of fused-ring (bicyclic) bond motifs is 1. The van der Waals surface area contributed by atoms with Gasteiger partial charge in [0.15, 0.2) is 0 Å². The molecule has 1 aromatic heterocycles. The highest BCUT2D eigenvalue weighted by molar-refractivity contribution is 7.89. The van der Waals surface area contributed by atoms with E-state index < -0.39 is 15.9 Å². The zero-order valence-corrected chi connectivity index (χ0v) is 17.0. The molecule has 4 aromatic rings. The lowest BCUT2D eigenvalue weighted by Gasteiger charge is -2.14. The summed E-state index contributed by atoms with van der Waals surface area (Å²) in [7, 11) is -3.68. The average Bonchev–Trinajstić information content (AvgIpc) is 3.17. The van der Waals surface area contributed by atoms with Crippen molar-refractivity contribution in [1.29, 1.82) is 0 Å². The zero-order chi connectivity index (χ0) is 21.3. The number of benzene rings is 3. The number of nitrogens with zero attached hydrogens (tertiary/aromatic N) is 1. The lowest BCUT2D eigenvalue weighted by molar-refractivity contribution is 0.100. The first kappa shape index (κ1) is 19.8. The maximum Gasteiger partial charge on any atom is 0.248 e. The molecule has 0 fully saturated rings. The van der Waals surface area contributed by atoms with Gasteiger partial charge in [0.25, 0.3) is 0 Å². The summed E-state index contributed by atoms with van der Waals surface area (Å²) in [6.45, 7) is 1.80. The van der Waals surface area contributed by atoms with Gasteiger partial charge in [-0.1, -0.05) is 30.3 Å². The van der Waals surface area contributed by atoms with Crippen LogP contribution in [-0.4, -0.2) is 24.3 Å². The van der Waals surface area contributed by atoms with Crippen molar-refractivity contribution in [3.8, 4) is 11.4 Å². The molecule has 0 radical (unpaired) electrons. The first-order valence-corrected chi connectivity index (χ1v) is 10.8. The van der Waals surface area contributed by atoms with E-state index in [2.05, 4.69) is 14.7 Å². The molecule has 0 saturated carbocycles. The Bertz CT molecular complexity index is 1310. The molecule has 7 nitrogen and oxygen atoms in total. The largest absolute Gasteiger partial charge is 0.366 e. The monoisotopic (exact) mass is 420 g/mol. The van der Waals surface area contributed by atoms with E-state index in [1.54, 1.807) is 37.3 Å². The van der Waals surface area contributed by atoms with Gasteiger partial charge in [0.1, 0.15) is 5.82 Å². The highest BCUT2D eigenvalue weighted by atomic mass is 32.2. The Morgan fingerprint density at radius 1 is 1.03 bits per heavy atom. The number of primary amides is 1. The normalized spacial score (nSPS) is 12.7. The Morgan fingerprint density at radius 3 is 2.40 bits per heavy atom. The van der Waals surface area contributed by atoms with Gasteiger partial charge in [-0.2, -0.15) is 0 Å². The second-order valence-electron chi connectivity index (χ2n) is 6.96. The van der Waals surface area contributed by atoms with Crippen LogP contribution in [0.2, 0.25) is 0 Å². The van der Waals surface area contributed by atoms with Crippen LogP contribution in [0.4, 0.5) is 0 Å². The van der Waals surface area contributed by atoms with Crippen molar-refractivity contribution in [3.05, 3.63) is 83.9 Å². The SMILES string of the molecule is CC(NS(=O)(=O)c1ccc(-c2nc3cc(C(N)=O)ccc3[nH]2)cc1)c1ccccc1. The smallest absolute Gasteiger partial charge is 0.248 e. The molecule has 4 rings (SSSR count). The molecule has 0 aliphatic heterocycles. The average molecular weight is 420 g/mol. The summed E-state index contributed by atoms with van der Waals surface area (Å²) < 4.78 is 28.1. The van der Waals surface area contributed by atoms with Gasteiger partial charge in [0.2, 0.25) is 15.9 Å². The second kappa shape index (κ2) is 7.74. The zero-order valence-electron chi connectivity index (χ0n) is 16.2. The number of nitrogens with one attached hydrogen (secondary N) is 2. The van der Waals surface area contributed by atoms with E-state index in [-0.39, 0.29) is 10.9 Å².